The number of ether oxygens (including phenoxy) is 1. The van der Waals surface area contributed by atoms with E-state index in [1.54, 1.807) is 0 Å². The van der Waals surface area contributed by atoms with Crippen molar-refractivity contribution in [3.8, 4) is 5.75 Å². The molecule has 1 aromatic carbocycles. The molecule has 1 aromatic rings. The van der Waals surface area contributed by atoms with Crippen LogP contribution in [0.3, 0.4) is 0 Å². The van der Waals surface area contributed by atoms with Crippen LogP contribution in [0.25, 0.3) is 0 Å². The van der Waals surface area contributed by atoms with E-state index in [0.717, 1.165) is 23.2 Å². The highest BCUT2D eigenvalue weighted by Crippen LogP contribution is 2.48. The average Bonchev–Trinajstić information content (AvgIpc) is 2.83. The van der Waals surface area contributed by atoms with Crippen LogP contribution >= 0.6 is 7.60 Å². The van der Waals surface area contributed by atoms with Crippen molar-refractivity contribution in [1.29, 1.82) is 0 Å². The van der Waals surface area contributed by atoms with E-state index in [2.05, 4.69) is 6.07 Å². The summed E-state index contributed by atoms with van der Waals surface area (Å²) in [6.45, 7) is 15.1. The molecule has 1 aliphatic rings. The lowest BCUT2D eigenvalue weighted by atomic mass is 9.78. The summed E-state index contributed by atoms with van der Waals surface area (Å²) in [7, 11) is -3.48. The Bertz CT molecular complexity index is 695. The van der Waals surface area contributed by atoms with E-state index in [1.165, 1.54) is 0 Å². The maximum atomic E-state index is 12.7. The lowest BCUT2D eigenvalue weighted by Gasteiger charge is -2.32. The Balaban J connectivity index is 2.15. The summed E-state index contributed by atoms with van der Waals surface area (Å²) in [6, 6.07) is 6.07. The Kier molecular flexibility index (Phi) is 8.40. The summed E-state index contributed by atoms with van der Waals surface area (Å²) in [6.07, 6.45) is 1.81. The first-order valence-electron chi connectivity index (χ1n) is 10.6. The van der Waals surface area contributed by atoms with Crippen LogP contribution in [0.5, 0.6) is 5.75 Å². The van der Waals surface area contributed by atoms with Gasteiger partial charge in [0, 0.05) is 0 Å². The highest BCUT2D eigenvalue weighted by Gasteiger charge is 2.51. The van der Waals surface area contributed by atoms with Crippen LogP contribution in [-0.4, -0.2) is 44.3 Å². The molecule has 0 radical (unpaired) electrons. The monoisotopic (exact) mass is 426 g/mol. The Morgan fingerprint density at radius 1 is 0.931 bits per heavy atom. The fourth-order valence-electron chi connectivity index (χ4n) is 3.23. The molecule has 6 nitrogen and oxygen atoms in total. The van der Waals surface area contributed by atoms with E-state index < -0.39 is 25.9 Å². The molecule has 0 amide bonds. The van der Waals surface area contributed by atoms with Crippen LogP contribution in [0.2, 0.25) is 0 Å². The molecule has 0 N–H and O–H groups in total. The van der Waals surface area contributed by atoms with Gasteiger partial charge in [0.2, 0.25) is 0 Å². The second kappa shape index (κ2) is 9.97. The van der Waals surface area contributed by atoms with Gasteiger partial charge in [0.1, 0.15) is 5.75 Å². The molecule has 0 aliphatic carbocycles. The lowest BCUT2D eigenvalue weighted by Crippen LogP contribution is -2.41. The maximum Gasteiger partial charge on any atom is 0.494 e. The summed E-state index contributed by atoms with van der Waals surface area (Å²) in [5.74, 6) is 0.785. The molecule has 0 unspecified atom stereocenters. The second-order valence-corrected chi connectivity index (χ2v) is 10.4. The topological polar surface area (TPSA) is 63.2 Å². The largest absolute Gasteiger partial charge is 0.494 e. The van der Waals surface area contributed by atoms with E-state index in [1.807, 2.05) is 60.6 Å². The third kappa shape index (κ3) is 6.32. The van der Waals surface area contributed by atoms with Crippen molar-refractivity contribution < 1.29 is 27.7 Å². The average molecular weight is 426 g/mol. The van der Waals surface area contributed by atoms with Crippen molar-refractivity contribution in [2.75, 3.05) is 26.0 Å². The molecule has 1 heterocycles. The molecule has 1 saturated heterocycles. The van der Waals surface area contributed by atoms with Gasteiger partial charge in [0.25, 0.3) is 0 Å². The fraction of sp³-hybridized carbons (Fsp3) is 0.714. The van der Waals surface area contributed by atoms with Gasteiger partial charge >= 0.3 is 14.7 Å². The van der Waals surface area contributed by atoms with Crippen molar-refractivity contribution in [3.05, 3.63) is 23.8 Å². The van der Waals surface area contributed by atoms with Crippen LogP contribution in [0.15, 0.2) is 18.2 Å². The highest BCUT2D eigenvalue weighted by atomic mass is 31.2. The quantitative estimate of drug-likeness (QED) is 0.381. The number of rotatable bonds is 11. The van der Waals surface area contributed by atoms with Gasteiger partial charge in [-0.15, -0.1) is 0 Å². The van der Waals surface area contributed by atoms with Crippen molar-refractivity contribution >= 4 is 20.2 Å². The molecule has 0 atom stereocenters. The minimum atomic E-state index is -3.03. The molecule has 1 aliphatic heterocycles. The number of benzene rings is 1. The predicted octanol–water partition coefficient (Wildman–Crippen LogP) is 4.58. The maximum absolute atomic E-state index is 12.7. The van der Waals surface area contributed by atoms with E-state index in [9.17, 15) is 4.57 Å². The van der Waals surface area contributed by atoms with Gasteiger partial charge in [-0.1, -0.05) is 6.07 Å². The molecule has 164 valence electrons. The Hall–Kier alpha value is -0.845. The number of hydrogen-bond acceptors (Lipinski definition) is 6. The van der Waals surface area contributed by atoms with Gasteiger partial charge < -0.3 is 23.1 Å². The van der Waals surface area contributed by atoms with Gasteiger partial charge in [-0.05, 0) is 84.5 Å². The molecule has 2 rings (SSSR count). The van der Waals surface area contributed by atoms with E-state index >= 15 is 0 Å². The standard InChI is InChI=1S/C21H36BO6P/c1-8-24-19-15-17(12-11-13-29(23,25-9-2)26-10-3)14-18(16-19)22-27-20(4,5)21(6,7)28-22/h14-16H,8-13H2,1-7H3. The van der Waals surface area contributed by atoms with E-state index in [4.69, 9.17) is 23.1 Å². The molecule has 1 fully saturated rings. The SMILES string of the molecule is CCOc1cc(CCCP(=O)(OCC)OCC)cc(B2OC(C)(C)C(C)(C)O2)c1. The normalized spacial score (nSPS) is 18.2. The van der Waals surface area contributed by atoms with Crippen LogP contribution < -0.4 is 10.2 Å². The minimum absolute atomic E-state index is 0.378. The molecular weight excluding hydrogens is 390 g/mol. The van der Waals surface area contributed by atoms with Gasteiger partial charge in [0.05, 0.1) is 37.2 Å². The zero-order valence-electron chi connectivity index (χ0n) is 18.9. The van der Waals surface area contributed by atoms with Crippen molar-refractivity contribution in [1.82, 2.24) is 0 Å². The van der Waals surface area contributed by atoms with Crippen molar-refractivity contribution in [2.45, 2.75) is 72.5 Å². The molecular formula is C21H36BO6P. The Morgan fingerprint density at radius 3 is 2.03 bits per heavy atom. The van der Waals surface area contributed by atoms with Crippen molar-refractivity contribution in [2.24, 2.45) is 0 Å². The second-order valence-electron chi connectivity index (χ2n) is 8.21. The zero-order valence-corrected chi connectivity index (χ0v) is 19.8. The summed E-state index contributed by atoms with van der Waals surface area (Å²) < 4.78 is 41.6. The van der Waals surface area contributed by atoms with E-state index in [0.29, 0.717) is 32.4 Å². The first-order valence-corrected chi connectivity index (χ1v) is 12.3. The summed E-state index contributed by atoms with van der Waals surface area (Å²) >= 11 is 0. The highest BCUT2D eigenvalue weighted by molar-refractivity contribution is 7.53. The van der Waals surface area contributed by atoms with Gasteiger partial charge in [-0.3, -0.25) is 4.57 Å². The third-order valence-electron chi connectivity index (χ3n) is 5.37. The van der Waals surface area contributed by atoms with Crippen LogP contribution in [0.4, 0.5) is 0 Å². The molecule has 0 saturated carbocycles. The Morgan fingerprint density at radius 2 is 1.52 bits per heavy atom. The first kappa shape index (κ1) is 24.4. The fourth-order valence-corrected chi connectivity index (χ4v) is 4.90. The van der Waals surface area contributed by atoms with Crippen molar-refractivity contribution in [3.63, 3.8) is 0 Å². The number of aryl methyl sites for hydroxylation is 1. The number of hydrogen-bond donors (Lipinski definition) is 0. The zero-order chi connectivity index (χ0) is 21.7. The summed E-state index contributed by atoms with van der Waals surface area (Å²) in [4.78, 5) is 0. The van der Waals surface area contributed by atoms with Crippen LogP contribution in [-0.2, 0) is 29.3 Å². The van der Waals surface area contributed by atoms with Crippen LogP contribution in [0.1, 0.15) is 60.5 Å². The summed E-state index contributed by atoms with van der Waals surface area (Å²) in [5, 5.41) is 0. The minimum Gasteiger partial charge on any atom is -0.494 e. The summed E-state index contributed by atoms with van der Waals surface area (Å²) in [5.41, 5.74) is 1.21. The van der Waals surface area contributed by atoms with Gasteiger partial charge in [-0.2, -0.15) is 0 Å². The van der Waals surface area contributed by atoms with Gasteiger partial charge in [-0.25, -0.2) is 0 Å². The first-order chi connectivity index (χ1) is 13.6. The lowest BCUT2D eigenvalue weighted by molar-refractivity contribution is 0.00578. The van der Waals surface area contributed by atoms with E-state index in [-0.39, 0.29) is 0 Å². The molecule has 8 heteroatoms. The third-order valence-corrected chi connectivity index (χ3v) is 7.54. The molecule has 0 spiro atoms. The molecule has 0 aromatic heterocycles. The predicted molar refractivity (Wildman–Crippen MR) is 117 cm³/mol. The smallest absolute Gasteiger partial charge is 0.494 e. The molecule has 29 heavy (non-hydrogen) atoms. The van der Waals surface area contributed by atoms with Gasteiger partial charge in [0.15, 0.2) is 0 Å². The van der Waals surface area contributed by atoms with Crippen LogP contribution in [0, 0.1) is 0 Å². The Labute approximate surface area is 176 Å². The molecule has 0 bridgehead atoms.